The zero-order valence-corrected chi connectivity index (χ0v) is 9.55. The first-order valence-electron chi connectivity index (χ1n) is 5.66. The van der Waals surface area contributed by atoms with E-state index < -0.39 is 0 Å². The van der Waals surface area contributed by atoms with Gasteiger partial charge in [-0.15, -0.1) is 0 Å². The molecule has 1 aromatic heterocycles. The highest BCUT2D eigenvalue weighted by Gasteiger charge is 2.21. The lowest BCUT2D eigenvalue weighted by molar-refractivity contribution is 0.501. The van der Waals surface area contributed by atoms with Gasteiger partial charge in [-0.25, -0.2) is 4.39 Å². The SMILES string of the molecule is CC1Cc2c(c3ccc(F)cc3n2C)CN1. The number of fused-ring (bicyclic) bond motifs is 3. The highest BCUT2D eigenvalue weighted by atomic mass is 19.1. The molecule has 1 aliphatic heterocycles. The fraction of sp³-hybridized carbons (Fsp3) is 0.385. The van der Waals surface area contributed by atoms with Gasteiger partial charge < -0.3 is 9.88 Å². The van der Waals surface area contributed by atoms with Crippen molar-refractivity contribution in [2.24, 2.45) is 7.05 Å². The predicted octanol–water partition coefficient (Wildman–Crippen LogP) is 2.35. The van der Waals surface area contributed by atoms with Crippen molar-refractivity contribution in [3.05, 3.63) is 35.3 Å². The first-order chi connectivity index (χ1) is 7.66. The first kappa shape index (κ1) is 9.85. The van der Waals surface area contributed by atoms with E-state index in [1.807, 2.05) is 13.1 Å². The van der Waals surface area contributed by atoms with E-state index in [4.69, 9.17) is 0 Å². The van der Waals surface area contributed by atoms with Gasteiger partial charge in [0.25, 0.3) is 0 Å². The molecule has 0 saturated heterocycles. The summed E-state index contributed by atoms with van der Waals surface area (Å²) in [6, 6.07) is 5.56. The van der Waals surface area contributed by atoms with Crippen molar-refractivity contribution in [1.29, 1.82) is 0 Å². The number of aryl methyl sites for hydroxylation is 1. The predicted molar refractivity (Wildman–Crippen MR) is 62.9 cm³/mol. The normalized spacial score (nSPS) is 20.1. The van der Waals surface area contributed by atoms with Gasteiger partial charge in [0.2, 0.25) is 0 Å². The average molecular weight is 218 g/mol. The quantitative estimate of drug-likeness (QED) is 0.718. The number of hydrogen-bond acceptors (Lipinski definition) is 1. The van der Waals surface area contributed by atoms with Gasteiger partial charge in [0.05, 0.1) is 5.52 Å². The van der Waals surface area contributed by atoms with E-state index >= 15 is 0 Å². The van der Waals surface area contributed by atoms with Crippen molar-refractivity contribution in [3.63, 3.8) is 0 Å². The zero-order valence-electron chi connectivity index (χ0n) is 9.55. The zero-order chi connectivity index (χ0) is 11.3. The van der Waals surface area contributed by atoms with E-state index in [0.717, 1.165) is 18.5 Å². The van der Waals surface area contributed by atoms with Gasteiger partial charge in [-0.1, -0.05) is 0 Å². The van der Waals surface area contributed by atoms with Crippen LogP contribution in [-0.2, 0) is 20.0 Å². The number of nitrogens with zero attached hydrogens (tertiary/aromatic N) is 1. The first-order valence-corrected chi connectivity index (χ1v) is 5.66. The molecular weight excluding hydrogens is 203 g/mol. The van der Waals surface area contributed by atoms with Gasteiger partial charge in [0, 0.05) is 37.1 Å². The molecule has 3 heteroatoms. The molecule has 2 heterocycles. The topological polar surface area (TPSA) is 17.0 Å². The lowest BCUT2D eigenvalue weighted by Crippen LogP contribution is -2.33. The van der Waals surface area contributed by atoms with Gasteiger partial charge in [-0.05, 0) is 30.7 Å². The summed E-state index contributed by atoms with van der Waals surface area (Å²) in [7, 11) is 2.03. The van der Waals surface area contributed by atoms with E-state index in [1.165, 1.54) is 16.6 Å². The second-order valence-electron chi connectivity index (χ2n) is 4.63. The maximum absolute atomic E-state index is 13.2. The fourth-order valence-electron chi connectivity index (χ4n) is 2.64. The van der Waals surface area contributed by atoms with E-state index in [2.05, 4.69) is 16.8 Å². The number of hydrogen-bond donors (Lipinski definition) is 1. The van der Waals surface area contributed by atoms with Crippen LogP contribution in [0.2, 0.25) is 0 Å². The molecule has 0 radical (unpaired) electrons. The Morgan fingerprint density at radius 2 is 2.25 bits per heavy atom. The summed E-state index contributed by atoms with van der Waals surface area (Å²) < 4.78 is 15.4. The number of rotatable bonds is 0. The Hall–Kier alpha value is -1.35. The Labute approximate surface area is 94.1 Å². The summed E-state index contributed by atoms with van der Waals surface area (Å²) in [4.78, 5) is 0. The van der Waals surface area contributed by atoms with Gasteiger partial charge in [-0.3, -0.25) is 0 Å². The lowest BCUT2D eigenvalue weighted by atomic mass is 10.0. The number of benzene rings is 1. The van der Waals surface area contributed by atoms with E-state index in [1.54, 1.807) is 12.1 Å². The van der Waals surface area contributed by atoms with Crippen molar-refractivity contribution < 1.29 is 4.39 Å². The molecule has 2 aromatic rings. The minimum Gasteiger partial charge on any atom is -0.347 e. The van der Waals surface area contributed by atoms with Crippen LogP contribution >= 0.6 is 0 Å². The summed E-state index contributed by atoms with van der Waals surface area (Å²) >= 11 is 0. The van der Waals surface area contributed by atoms with E-state index in [-0.39, 0.29) is 5.82 Å². The lowest BCUT2D eigenvalue weighted by Gasteiger charge is -2.21. The van der Waals surface area contributed by atoms with Crippen LogP contribution in [0.1, 0.15) is 18.2 Å². The smallest absolute Gasteiger partial charge is 0.125 e. The van der Waals surface area contributed by atoms with Crippen LogP contribution in [0.3, 0.4) is 0 Å². The molecule has 0 amide bonds. The molecule has 84 valence electrons. The van der Waals surface area contributed by atoms with Gasteiger partial charge in [0.1, 0.15) is 5.82 Å². The molecular formula is C13H15FN2. The van der Waals surface area contributed by atoms with Gasteiger partial charge >= 0.3 is 0 Å². The monoisotopic (exact) mass is 218 g/mol. The van der Waals surface area contributed by atoms with E-state index in [9.17, 15) is 4.39 Å². The van der Waals surface area contributed by atoms with Crippen molar-refractivity contribution in [1.82, 2.24) is 9.88 Å². The second-order valence-corrected chi connectivity index (χ2v) is 4.63. The van der Waals surface area contributed by atoms with Gasteiger partial charge in [-0.2, -0.15) is 0 Å². The summed E-state index contributed by atoms with van der Waals surface area (Å²) in [5, 5.41) is 4.63. The number of aromatic nitrogens is 1. The summed E-state index contributed by atoms with van der Waals surface area (Å²) in [5.74, 6) is -0.161. The molecule has 2 nitrogen and oxygen atoms in total. The standard InChI is InChI=1S/C13H15FN2/c1-8-5-12-11(7-15-8)10-4-3-9(14)6-13(10)16(12)2/h3-4,6,8,15H,5,7H2,1-2H3. The van der Waals surface area contributed by atoms with Crippen LogP contribution in [0, 0.1) is 5.82 Å². The molecule has 1 N–H and O–H groups in total. The summed E-state index contributed by atoms with van der Waals surface area (Å²) in [6.07, 6.45) is 1.02. The largest absolute Gasteiger partial charge is 0.347 e. The van der Waals surface area contributed by atoms with Crippen LogP contribution in [0.15, 0.2) is 18.2 Å². The highest BCUT2D eigenvalue weighted by Crippen LogP contribution is 2.29. The molecule has 16 heavy (non-hydrogen) atoms. The third-order valence-corrected chi connectivity index (χ3v) is 3.53. The molecule has 1 aromatic carbocycles. The molecule has 0 fully saturated rings. The Morgan fingerprint density at radius 1 is 1.44 bits per heavy atom. The molecule has 3 rings (SSSR count). The van der Waals surface area contributed by atoms with Crippen LogP contribution in [0.5, 0.6) is 0 Å². The Bertz CT molecular complexity index is 557. The van der Waals surface area contributed by atoms with Crippen molar-refractivity contribution >= 4 is 10.9 Å². The summed E-state index contributed by atoms with van der Waals surface area (Å²) in [6.45, 7) is 3.07. The fourth-order valence-corrected chi connectivity index (χ4v) is 2.64. The average Bonchev–Trinajstić information content (AvgIpc) is 2.53. The minimum absolute atomic E-state index is 0.161. The van der Waals surface area contributed by atoms with Crippen molar-refractivity contribution in [2.45, 2.75) is 25.9 Å². The molecule has 0 spiro atoms. The number of nitrogens with one attached hydrogen (secondary N) is 1. The molecule has 1 unspecified atom stereocenters. The van der Waals surface area contributed by atoms with Crippen molar-refractivity contribution in [2.75, 3.05) is 0 Å². The van der Waals surface area contributed by atoms with Crippen molar-refractivity contribution in [3.8, 4) is 0 Å². The Morgan fingerprint density at radius 3 is 3.06 bits per heavy atom. The Kier molecular flexibility index (Phi) is 2.04. The molecule has 0 bridgehead atoms. The maximum atomic E-state index is 13.2. The third kappa shape index (κ3) is 1.28. The van der Waals surface area contributed by atoms with Crippen LogP contribution in [0.25, 0.3) is 10.9 Å². The maximum Gasteiger partial charge on any atom is 0.125 e. The van der Waals surface area contributed by atoms with Crippen LogP contribution < -0.4 is 5.32 Å². The Balaban J connectivity index is 2.31. The number of halogens is 1. The highest BCUT2D eigenvalue weighted by molar-refractivity contribution is 5.85. The van der Waals surface area contributed by atoms with Gasteiger partial charge in [0.15, 0.2) is 0 Å². The van der Waals surface area contributed by atoms with Crippen LogP contribution in [-0.4, -0.2) is 10.6 Å². The van der Waals surface area contributed by atoms with E-state index in [0.29, 0.717) is 6.04 Å². The third-order valence-electron chi connectivity index (χ3n) is 3.53. The molecule has 1 atom stereocenters. The summed E-state index contributed by atoms with van der Waals surface area (Å²) in [5.41, 5.74) is 3.67. The molecule has 0 saturated carbocycles. The second kappa shape index (κ2) is 3.32. The van der Waals surface area contributed by atoms with Crippen LogP contribution in [0.4, 0.5) is 4.39 Å². The minimum atomic E-state index is -0.161. The molecule has 1 aliphatic rings. The molecule has 0 aliphatic carbocycles.